The smallest absolute Gasteiger partial charge is 0.271 e. The van der Waals surface area contributed by atoms with Gasteiger partial charge in [-0.3, -0.25) is 19.9 Å². The summed E-state index contributed by atoms with van der Waals surface area (Å²) in [7, 11) is 0. The molecular formula is C12H10N4O3. The van der Waals surface area contributed by atoms with Crippen molar-refractivity contribution in [3.05, 3.63) is 40.1 Å². The van der Waals surface area contributed by atoms with Gasteiger partial charge in [0.2, 0.25) is 0 Å². The Hall–Kier alpha value is -2.70. The first kappa shape index (κ1) is 11.4. The van der Waals surface area contributed by atoms with Gasteiger partial charge in [-0.25, -0.2) is 0 Å². The third-order valence-corrected chi connectivity index (χ3v) is 3.02. The summed E-state index contributed by atoms with van der Waals surface area (Å²) in [6.45, 7) is 1.14. The van der Waals surface area contributed by atoms with E-state index >= 15 is 0 Å². The second-order valence-electron chi connectivity index (χ2n) is 4.19. The quantitative estimate of drug-likeness (QED) is 0.593. The number of nitro groups is 1. The van der Waals surface area contributed by atoms with E-state index in [1.165, 1.54) is 18.3 Å². The zero-order chi connectivity index (χ0) is 13.4. The van der Waals surface area contributed by atoms with E-state index in [4.69, 9.17) is 0 Å². The highest BCUT2D eigenvalue weighted by atomic mass is 16.6. The molecule has 96 valence electrons. The van der Waals surface area contributed by atoms with E-state index in [0.717, 1.165) is 0 Å². The number of aromatic nitrogens is 1. The fraction of sp³-hybridized carbons (Fsp3) is 0.167. The van der Waals surface area contributed by atoms with Gasteiger partial charge in [-0.2, -0.15) is 0 Å². The van der Waals surface area contributed by atoms with Crippen molar-refractivity contribution in [3.8, 4) is 0 Å². The largest absolute Gasteiger partial charge is 0.382 e. The Bertz CT molecular complexity index is 699. The monoisotopic (exact) mass is 258 g/mol. The van der Waals surface area contributed by atoms with Gasteiger partial charge >= 0.3 is 0 Å². The average Bonchev–Trinajstić information content (AvgIpc) is 2.60. The van der Waals surface area contributed by atoms with Crippen LogP contribution in [-0.4, -0.2) is 28.9 Å². The lowest BCUT2D eigenvalue weighted by atomic mass is 10.1. The SMILES string of the molecule is O=C1NCCNc2c1cnc1cc([N+](=O)[O-])ccc21. The summed E-state index contributed by atoms with van der Waals surface area (Å²) in [5.41, 5.74) is 1.61. The first-order valence-corrected chi connectivity index (χ1v) is 5.76. The Labute approximate surface area is 107 Å². The van der Waals surface area contributed by atoms with Gasteiger partial charge in [0.25, 0.3) is 11.6 Å². The van der Waals surface area contributed by atoms with Gasteiger partial charge in [0.1, 0.15) is 0 Å². The van der Waals surface area contributed by atoms with Crippen LogP contribution in [0, 0.1) is 10.1 Å². The average molecular weight is 258 g/mol. The van der Waals surface area contributed by atoms with Gasteiger partial charge < -0.3 is 10.6 Å². The maximum atomic E-state index is 11.8. The number of hydrogen-bond donors (Lipinski definition) is 2. The maximum Gasteiger partial charge on any atom is 0.271 e. The summed E-state index contributed by atoms with van der Waals surface area (Å²) in [5, 5.41) is 17.3. The predicted octanol–water partition coefficient (Wildman–Crippen LogP) is 1.30. The van der Waals surface area contributed by atoms with Crippen LogP contribution >= 0.6 is 0 Å². The lowest BCUT2D eigenvalue weighted by Crippen LogP contribution is -2.24. The molecule has 1 aromatic heterocycles. The number of benzene rings is 1. The summed E-state index contributed by atoms with van der Waals surface area (Å²) in [6.07, 6.45) is 1.44. The van der Waals surface area contributed by atoms with Crippen molar-refractivity contribution in [1.29, 1.82) is 0 Å². The highest BCUT2D eigenvalue weighted by Crippen LogP contribution is 2.29. The van der Waals surface area contributed by atoms with E-state index in [1.807, 2.05) is 0 Å². The zero-order valence-corrected chi connectivity index (χ0v) is 9.84. The molecule has 2 N–H and O–H groups in total. The van der Waals surface area contributed by atoms with Crippen LogP contribution in [0.25, 0.3) is 10.9 Å². The Morgan fingerprint density at radius 3 is 2.84 bits per heavy atom. The number of nitrogens with zero attached hydrogens (tertiary/aromatic N) is 2. The van der Waals surface area contributed by atoms with Crippen molar-refractivity contribution >= 4 is 28.2 Å². The van der Waals surface area contributed by atoms with Crippen LogP contribution in [0.15, 0.2) is 24.4 Å². The summed E-state index contributed by atoms with van der Waals surface area (Å²) in [5.74, 6) is -0.187. The van der Waals surface area contributed by atoms with Crippen LogP contribution < -0.4 is 10.6 Å². The van der Waals surface area contributed by atoms with Crippen molar-refractivity contribution in [2.75, 3.05) is 18.4 Å². The second kappa shape index (κ2) is 4.20. The summed E-state index contributed by atoms with van der Waals surface area (Å²) < 4.78 is 0. The first-order valence-electron chi connectivity index (χ1n) is 5.76. The van der Waals surface area contributed by atoms with Gasteiger partial charge in [0.15, 0.2) is 0 Å². The van der Waals surface area contributed by atoms with Crippen molar-refractivity contribution in [3.63, 3.8) is 0 Å². The fourth-order valence-corrected chi connectivity index (χ4v) is 2.12. The number of rotatable bonds is 1. The Morgan fingerprint density at radius 2 is 2.05 bits per heavy atom. The molecule has 0 spiro atoms. The van der Waals surface area contributed by atoms with Crippen LogP contribution in [0.5, 0.6) is 0 Å². The van der Waals surface area contributed by atoms with Crippen molar-refractivity contribution in [1.82, 2.24) is 10.3 Å². The minimum Gasteiger partial charge on any atom is -0.382 e. The van der Waals surface area contributed by atoms with E-state index in [1.54, 1.807) is 6.07 Å². The number of amides is 1. The number of pyridine rings is 1. The molecule has 1 aliphatic heterocycles. The standard InChI is InChI=1S/C12H10N4O3/c17-12-9-6-15-10-5-7(16(18)19)1-2-8(10)11(9)13-3-4-14-12/h1-2,5-6,13H,3-4H2,(H,14,17). The molecular weight excluding hydrogens is 248 g/mol. The van der Waals surface area contributed by atoms with E-state index < -0.39 is 4.92 Å². The van der Waals surface area contributed by atoms with Gasteiger partial charge in [0.05, 0.1) is 21.7 Å². The normalized spacial score (nSPS) is 14.2. The van der Waals surface area contributed by atoms with Gasteiger partial charge in [-0.1, -0.05) is 0 Å². The first-order chi connectivity index (χ1) is 9.16. The molecule has 0 saturated carbocycles. The topological polar surface area (TPSA) is 97.2 Å². The van der Waals surface area contributed by atoms with E-state index in [2.05, 4.69) is 15.6 Å². The lowest BCUT2D eigenvalue weighted by Gasteiger charge is -2.09. The molecule has 0 atom stereocenters. The summed E-state index contributed by atoms with van der Waals surface area (Å²) >= 11 is 0. The van der Waals surface area contributed by atoms with Gasteiger partial charge in [0, 0.05) is 36.8 Å². The molecule has 0 aliphatic carbocycles. The van der Waals surface area contributed by atoms with Crippen molar-refractivity contribution < 1.29 is 9.72 Å². The molecule has 0 unspecified atom stereocenters. The third-order valence-electron chi connectivity index (χ3n) is 3.02. The highest BCUT2D eigenvalue weighted by Gasteiger charge is 2.19. The molecule has 3 rings (SSSR count). The molecule has 2 heterocycles. The number of nitro benzene ring substituents is 1. The second-order valence-corrected chi connectivity index (χ2v) is 4.19. The van der Waals surface area contributed by atoms with E-state index in [9.17, 15) is 14.9 Å². The Morgan fingerprint density at radius 1 is 1.26 bits per heavy atom. The third kappa shape index (κ3) is 1.85. The number of non-ortho nitro benzene ring substituents is 1. The predicted molar refractivity (Wildman–Crippen MR) is 69.2 cm³/mol. The molecule has 0 fully saturated rings. The number of anilines is 1. The molecule has 7 heteroatoms. The molecule has 0 saturated heterocycles. The molecule has 2 aromatic rings. The van der Waals surface area contributed by atoms with E-state index in [0.29, 0.717) is 35.2 Å². The molecule has 0 radical (unpaired) electrons. The summed E-state index contributed by atoms with van der Waals surface area (Å²) in [6, 6.07) is 4.43. The molecule has 1 aliphatic rings. The molecule has 19 heavy (non-hydrogen) atoms. The van der Waals surface area contributed by atoms with Crippen molar-refractivity contribution in [2.24, 2.45) is 0 Å². The van der Waals surface area contributed by atoms with E-state index in [-0.39, 0.29) is 11.6 Å². The number of hydrogen-bond acceptors (Lipinski definition) is 5. The molecule has 7 nitrogen and oxygen atoms in total. The van der Waals surface area contributed by atoms with Crippen LogP contribution in [-0.2, 0) is 0 Å². The molecule has 1 amide bonds. The number of carbonyl (C=O) groups is 1. The van der Waals surface area contributed by atoms with Crippen LogP contribution in [0.3, 0.4) is 0 Å². The lowest BCUT2D eigenvalue weighted by molar-refractivity contribution is -0.384. The highest BCUT2D eigenvalue weighted by molar-refractivity contribution is 6.07. The van der Waals surface area contributed by atoms with Gasteiger partial charge in [-0.05, 0) is 6.07 Å². The zero-order valence-electron chi connectivity index (χ0n) is 9.84. The van der Waals surface area contributed by atoms with Gasteiger partial charge in [-0.15, -0.1) is 0 Å². The minimum absolute atomic E-state index is 0.0157. The number of nitrogens with one attached hydrogen (secondary N) is 2. The minimum atomic E-state index is -0.465. The summed E-state index contributed by atoms with van der Waals surface area (Å²) in [4.78, 5) is 26.2. The Kier molecular flexibility index (Phi) is 2.52. The van der Waals surface area contributed by atoms with Crippen LogP contribution in [0.4, 0.5) is 11.4 Å². The maximum absolute atomic E-state index is 11.8. The van der Waals surface area contributed by atoms with Crippen molar-refractivity contribution in [2.45, 2.75) is 0 Å². The molecule has 0 bridgehead atoms. The number of fused-ring (bicyclic) bond motifs is 3. The number of carbonyl (C=O) groups excluding carboxylic acids is 1. The van der Waals surface area contributed by atoms with Crippen LogP contribution in [0.1, 0.15) is 10.4 Å². The fourth-order valence-electron chi connectivity index (χ4n) is 2.12. The molecule has 1 aromatic carbocycles. The van der Waals surface area contributed by atoms with Crippen LogP contribution in [0.2, 0.25) is 0 Å². The Balaban J connectivity index is 2.25.